The highest BCUT2D eigenvalue weighted by atomic mass is 16.2. The molecular formula is C21H28N3O2+. The summed E-state index contributed by atoms with van der Waals surface area (Å²) in [6.45, 7) is 4.53. The number of likely N-dealkylation sites (N-methyl/N-ethyl adjacent to an activating group) is 2. The summed E-state index contributed by atoms with van der Waals surface area (Å²) in [5, 5.41) is 2.61. The molecule has 1 atom stereocenters. The molecule has 0 spiro atoms. The van der Waals surface area contributed by atoms with Crippen LogP contribution in [0, 0.1) is 0 Å². The fraction of sp³-hybridized carbons (Fsp3) is 0.333. The summed E-state index contributed by atoms with van der Waals surface area (Å²) in [6.07, 6.45) is 0. The largest absolute Gasteiger partial charge is 0.355 e. The number of nitrogens with one attached hydrogen (secondary N) is 2. The first-order chi connectivity index (χ1) is 12.5. The molecule has 26 heavy (non-hydrogen) atoms. The van der Waals surface area contributed by atoms with Gasteiger partial charge in [-0.1, -0.05) is 42.5 Å². The second-order valence-electron chi connectivity index (χ2n) is 6.48. The first kappa shape index (κ1) is 19.7. The molecule has 2 aromatic carbocycles. The Balaban J connectivity index is 1.90. The first-order valence-electron chi connectivity index (χ1n) is 8.97. The van der Waals surface area contributed by atoms with Crippen LogP contribution >= 0.6 is 0 Å². The van der Waals surface area contributed by atoms with Gasteiger partial charge in [0.1, 0.15) is 6.54 Å². The maximum Gasteiger partial charge on any atom is 0.278 e. The van der Waals surface area contributed by atoms with E-state index in [-0.39, 0.29) is 11.8 Å². The predicted octanol–water partition coefficient (Wildman–Crippen LogP) is 1.11. The summed E-state index contributed by atoms with van der Waals surface area (Å²) < 4.78 is 0. The Kier molecular flexibility index (Phi) is 7.36. The van der Waals surface area contributed by atoms with Gasteiger partial charge in [0, 0.05) is 31.3 Å². The minimum absolute atomic E-state index is 0.0908. The quantitative estimate of drug-likeness (QED) is 0.746. The number of quaternary nitrogens is 1. The third kappa shape index (κ3) is 5.70. The van der Waals surface area contributed by atoms with Crippen molar-refractivity contribution in [3.8, 4) is 0 Å². The number of hydrogen-bond donors (Lipinski definition) is 2. The monoisotopic (exact) mass is 354 g/mol. The van der Waals surface area contributed by atoms with Crippen LogP contribution in [0.15, 0.2) is 54.6 Å². The molecule has 0 aromatic heterocycles. The molecule has 0 aliphatic rings. The Morgan fingerprint density at radius 1 is 1.00 bits per heavy atom. The van der Waals surface area contributed by atoms with Gasteiger partial charge in [0.05, 0.1) is 7.05 Å². The van der Waals surface area contributed by atoms with Crippen LogP contribution in [-0.4, -0.2) is 43.9 Å². The maximum absolute atomic E-state index is 12.6. The smallest absolute Gasteiger partial charge is 0.278 e. The van der Waals surface area contributed by atoms with E-state index in [2.05, 4.69) is 5.32 Å². The van der Waals surface area contributed by atoms with Crippen LogP contribution in [0.5, 0.6) is 0 Å². The number of hydrogen-bond acceptors (Lipinski definition) is 2. The van der Waals surface area contributed by atoms with Gasteiger partial charge in [0.25, 0.3) is 11.8 Å². The van der Waals surface area contributed by atoms with E-state index in [1.54, 1.807) is 7.05 Å². The molecule has 0 aliphatic heterocycles. The van der Waals surface area contributed by atoms with Crippen molar-refractivity contribution in [3.05, 3.63) is 71.3 Å². The van der Waals surface area contributed by atoms with Crippen molar-refractivity contribution in [2.24, 2.45) is 0 Å². The Morgan fingerprint density at radius 2 is 1.65 bits per heavy atom. The lowest BCUT2D eigenvalue weighted by atomic mass is 10.1. The van der Waals surface area contributed by atoms with Gasteiger partial charge in [-0.2, -0.15) is 0 Å². The molecule has 2 N–H and O–H groups in total. The van der Waals surface area contributed by atoms with Crippen molar-refractivity contribution in [2.45, 2.75) is 20.0 Å². The number of benzene rings is 2. The number of nitrogens with zero attached hydrogens (tertiary/aromatic N) is 1. The van der Waals surface area contributed by atoms with Crippen LogP contribution in [0.4, 0.5) is 0 Å². The molecule has 2 aromatic rings. The molecule has 0 radical (unpaired) electrons. The highest BCUT2D eigenvalue weighted by Gasteiger charge is 2.17. The van der Waals surface area contributed by atoms with Gasteiger partial charge >= 0.3 is 0 Å². The molecule has 5 nitrogen and oxygen atoms in total. The zero-order valence-corrected chi connectivity index (χ0v) is 15.8. The molecule has 0 aliphatic carbocycles. The minimum Gasteiger partial charge on any atom is -0.355 e. The summed E-state index contributed by atoms with van der Waals surface area (Å²) in [6, 6.07) is 17.6. The van der Waals surface area contributed by atoms with E-state index in [0.717, 1.165) is 22.6 Å². The van der Waals surface area contributed by atoms with Gasteiger partial charge in [-0.05, 0) is 24.6 Å². The van der Waals surface area contributed by atoms with Crippen molar-refractivity contribution in [1.82, 2.24) is 10.2 Å². The zero-order valence-electron chi connectivity index (χ0n) is 15.8. The number of carbonyl (C=O) groups is 2. The van der Waals surface area contributed by atoms with Gasteiger partial charge in [-0.25, -0.2) is 0 Å². The van der Waals surface area contributed by atoms with Crippen LogP contribution in [0.25, 0.3) is 0 Å². The molecule has 2 rings (SSSR count). The van der Waals surface area contributed by atoms with Gasteiger partial charge in [0.2, 0.25) is 0 Å². The molecular weight excluding hydrogens is 326 g/mol. The van der Waals surface area contributed by atoms with Crippen LogP contribution in [-0.2, 0) is 17.9 Å². The van der Waals surface area contributed by atoms with Crippen molar-refractivity contribution in [1.29, 1.82) is 0 Å². The molecule has 0 saturated heterocycles. The van der Waals surface area contributed by atoms with Crippen LogP contribution in [0.2, 0.25) is 0 Å². The van der Waals surface area contributed by atoms with Crippen molar-refractivity contribution >= 4 is 11.8 Å². The highest BCUT2D eigenvalue weighted by molar-refractivity contribution is 5.93. The normalized spacial score (nSPS) is 11.7. The van der Waals surface area contributed by atoms with E-state index < -0.39 is 0 Å². The number of carbonyl (C=O) groups excluding carboxylic acids is 2. The average Bonchev–Trinajstić information content (AvgIpc) is 2.66. The molecule has 0 heterocycles. The molecule has 5 heteroatoms. The van der Waals surface area contributed by atoms with Gasteiger partial charge in [-0.15, -0.1) is 0 Å². The second-order valence-corrected chi connectivity index (χ2v) is 6.48. The van der Waals surface area contributed by atoms with E-state index in [1.165, 1.54) is 0 Å². The van der Waals surface area contributed by atoms with Crippen LogP contribution < -0.4 is 10.2 Å². The Labute approximate surface area is 155 Å². The average molecular weight is 354 g/mol. The standard InChI is InChI=1S/C21H27N3O2/c1-4-24(15-17-8-6-5-7-9-17)20(25)16-23(3)14-18-10-12-19(13-11-18)21(26)22-2/h5-13H,4,14-16H2,1-3H3,(H,22,26)/p+1. The molecule has 0 saturated carbocycles. The summed E-state index contributed by atoms with van der Waals surface area (Å²) in [5.41, 5.74) is 2.89. The third-order valence-electron chi connectivity index (χ3n) is 4.35. The molecule has 0 bridgehead atoms. The van der Waals surface area contributed by atoms with Crippen molar-refractivity contribution in [2.75, 3.05) is 27.2 Å². The second kappa shape index (κ2) is 9.73. The Morgan fingerprint density at radius 3 is 2.23 bits per heavy atom. The fourth-order valence-electron chi connectivity index (χ4n) is 2.88. The van der Waals surface area contributed by atoms with E-state index in [4.69, 9.17) is 0 Å². The molecule has 0 fully saturated rings. The lowest BCUT2D eigenvalue weighted by Crippen LogP contribution is -3.08. The number of rotatable bonds is 8. The van der Waals surface area contributed by atoms with Crippen molar-refractivity contribution < 1.29 is 14.5 Å². The van der Waals surface area contributed by atoms with Crippen molar-refractivity contribution in [3.63, 3.8) is 0 Å². The maximum atomic E-state index is 12.6. The molecule has 2 amide bonds. The Hall–Kier alpha value is -2.66. The topological polar surface area (TPSA) is 53.9 Å². The molecule has 1 unspecified atom stereocenters. The van der Waals surface area contributed by atoms with Gasteiger partial charge in [0.15, 0.2) is 6.54 Å². The summed E-state index contributed by atoms with van der Waals surface area (Å²) in [7, 11) is 3.63. The number of amides is 2. The fourth-order valence-corrected chi connectivity index (χ4v) is 2.88. The van der Waals surface area contributed by atoms with Crippen LogP contribution in [0.3, 0.4) is 0 Å². The Bertz CT molecular complexity index is 714. The SMILES string of the molecule is CCN(Cc1ccccc1)C(=O)C[NH+](C)Cc1ccc(C(=O)NC)cc1. The summed E-state index contributed by atoms with van der Waals surface area (Å²) in [5.74, 6) is 0.0581. The van der Waals surface area contributed by atoms with E-state index in [1.807, 2.05) is 73.5 Å². The summed E-state index contributed by atoms with van der Waals surface area (Å²) >= 11 is 0. The van der Waals surface area contributed by atoms with E-state index in [9.17, 15) is 9.59 Å². The first-order valence-corrected chi connectivity index (χ1v) is 8.97. The van der Waals surface area contributed by atoms with E-state index in [0.29, 0.717) is 25.2 Å². The predicted molar refractivity (Wildman–Crippen MR) is 103 cm³/mol. The highest BCUT2D eigenvalue weighted by Crippen LogP contribution is 2.05. The third-order valence-corrected chi connectivity index (χ3v) is 4.35. The lowest BCUT2D eigenvalue weighted by molar-refractivity contribution is -0.885. The van der Waals surface area contributed by atoms with Crippen LogP contribution in [0.1, 0.15) is 28.4 Å². The molecule has 138 valence electrons. The van der Waals surface area contributed by atoms with E-state index >= 15 is 0 Å². The minimum atomic E-state index is -0.0908. The summed E-state index contributed by atoms with van der Waals surface area (Å²) in [4.78, 5) is 27.2. The zero-order chi connectivity index (χ0) is 18.9. The lowest BCUT2D eigenvalue weighted by Gasteiger charge is -2.23. The van der Waals surface area contributed by atoms with Gasteiger partial charge < -0.3 is 15.1 Å². The van der Waals surface area contributed by atoms with Gasteiger partial charge in [-0.3, -0.25) is 9.59 Å².